The minimum absolute atomic E-state index is 0.0111. The molecule has 6 nitrogen and oxygen atoms in total. The fourth-order valence-electron chi connectivity index (χ4n) is 3.44. The van der Waals surface area contributed by atoms with Crippen LogP contribution in [0.5, 0.6) is 0 Å². The summed E-state index contributed by atoms with van der Waals surface area (Å²) in [6, 6.07) is 10.4. The van der Waals surface area contributed by atoms with Crippen LogP contribution in [-0.4, -0.2) is 24.9 Å². The number of hydrogen-bond donors (Lipinski definition) is 2. The molecule has 2 atom stereocenters. The predicted molar refractivity (Wildman–Crippen MR) is 112 cm³/mol. The first-order valence-corrected chi connectivity index (χ1v) is 9.81. The zero-order chi connectivity index (χ0) is 23.3. The third-order valence-corrected chi connectivity index (χ3v) is 5.14. The number of alkyl halides is 3. The molecule has 0 saturated heterocycles. The highest BCUT2D eigenvalue weighted by molar-refractivity contribution is 6.00. The van der Waals surface area contributed by atoms with Crippen molar-refractivity contribution in [1.82, 2.24) is 0 Å². The molecule has 2 amide bonds. The van der Waals surface area contributed by atoms with Crippen molar-refractivity contribution in [2.75, 3.05) is 17.7 Å². The lowest BCUT2D eigenvalue weighted by atomic mass is 9.81. The van der Waals surface area contributed by atoms with Crippen LogP contribution >= 0.6 is 0 Å². The molecular weight excluding hydrogens is 425 g/mol. The molecule has 2 N–H and O–H groups in total. The maximum atomic E-state index is 12.9. The van der Waals surface area contributed by atoms with Crippen LogP contribution in [0.2, 0.25) is 0 Å². The predicted octanol–water partition coefficient (Wildman–Crippen LogP) is 4.65. The summed E-state index contributed by atoms with van der Waals surface area (Å²) in [6.07, 6.45) is -0.374. The lowest BCUT2D eigenvalue weighted by molar-refractivity contribution is -0.137. The van der Waals surface area contributed by atoms with Gasteiger partial charge in [0.2, 0.25) is 11.8 Å². The largest absolute Gasteiger partial charge is 0.465 e. The number of carbonyl (C=O) groups is 3. The van der Waals surface area contributed by atoms with Gasteiger partial charge < -0.3 is 15.4 Å². The molecule has 0 spiro atoms. The van der Waals surface area contributed by atoms with Gasteiger partial charge in [0.1, 0.15) is 0 Å². The van der Waals surface area contributed by atoms with Gasteiger partial charge in [-0.05, 0) is 55.3 Å². The van der Waals surface area contributed by atoms with E-state index in [2.05, 4.69) is 15.4 Å². The third-order valence-electron chi connectivity index (χ3n) is 5.14. The molecule has 32 heavy (non-hydrogen) atoms. The summed E-state index contributed by atoms with van der Waals surface area (Å²) in [5.74, 6) is -2.89. The molecule has 2 aromatic carbocycles. The number of benzene rings is 2. The quantitative estimate of drug-likeness (QED) is 0.517. The van der Waals surface area contributed by atoms with Crippen LogP contribution in [0.4, 0.5) is 24.5 Å². The van der Waals surface area contributed by atoms with Crippen molar-refractivity contribution < 1.29 is 32.3 Å². The van der Waals surface area contributed by atoms with Crippen LogP contribution in [0, 0.1) is 11.8 Å². The molecule has 0 bridgehead atoms. The monoisotopic (exact) mass is 446 g/mol. The Balaban J connectivity index is 1.70. The van der Waals surface area contributed by atoms with Crippen LogP contribution in [0.1, 0.15) is 28.8 Å². The van der Waals surface area contributed by atoms with E-state index in [9.17, 15) is 27.6 Å². The van der Waals surface area contributed by atoms with E-state index >= 15 is 0 Å². The standard InChI is InChI=1S/C23H21F3N2O4/c1-32-22(31)14-9-11-16(12-10-14)27-20(29)18-7-2-3-8-19(18)21(30)28-17-6-4-5-15(13-17)23(24,25)26/h2-6,9-13,18-19H,7-8H2,1H3,(H,27,29)(H,28,30). The van der Waals surface area contributed by atoms with E-state index in [1.807, 2.05) is 0 Å². The molecule has 1 aliphatic rings. The van der Waals surface area contributed by atoms with E-state index in [0.717, 1.165) is 12.1 Å². The fraction of sp³-hybridized carbons (Fsp3) is 0.261. The van der Waals surface area contributed by atoms with Gasteiger partial charge in [-0.25, -0.2) is 4.79 Å². The topological polar surface area (TPSA) is 84.5 Å². The van der Waals surface area contributed by atoms with E-state index in [1.165, 1.54) is 31.4 Å². The summed E-state index contributed by atoms with van der Waals surface area (Å²) in [5.41, 5.74) is -0.0980. The highest BCUT2D eigenvalue weighted by atomic mass is 19.4. The number of esters is 1. The van der Waals surface area contributed by atoms with Crippen LogP contribution in [0.3, 0.4) is 0 Å². The number of hydrogen-bond acceptors (Lipinski definition) is 4. The van der Waals surface area contributed by atoms with Crippen LogP contribution in [-0.2, 0) is 20.5 Å². The van der Waals surface area contributed by atoms with Crippen molar-refractivity contribution in [3.8, 4) is 0 Å². The molecule has 168 valence electrons. The number of anilines is 2. The lowest BCUT2D eigenvalue weighted by Crippen LogP contribution is -2.37. The second-order valence-electron chi connectivity index (χ2n) is 7.28. The Hall–Kier alpha value is -3.62. The Labute approximate surface area is 182 Å². The molecule has 1 aliphatic carbocycles. The highest BCUT2D eigenvalue weighted by Crippen LogP contribution is 2.32. The first kappa shape index (κ1) is 23.1. The minimum Gasteiger partial charge on any atom is -0.465 e. The Bertz CT molecular complexity index is 1030. The fourth-order valence-corrected chi connectivity index (χ4v) is 3.44. The maximum absolute atomic E-state index is 12.9. The van der Waals surface area contributed by atoms with Crippen LogP contribution in [0.25, 0.3) is 0 Å². The minimum atomic E-state index is -4.53. The van der Waals surface area contributed by atoms with Gasteiger partial charge in [-0.3, -0.25) is 9.59 Å². The van der Waals surface area contributed by atoms with E-state index in [0.29, 0.717) is 17.7 Å². The number of rotatable bonds is 5. The normalized spacial score (nSPS) is 18.0. The number of methoxy groups -OCH3 is 1. The van der Waals surface area contributed by atoms with Gasteiger partial charge in [-0.1, -0.05) is 18.2 Å². The molecule has 0 saturated carbocycles. The zero-order valence-corrected chi connectivity index (χ0v) is 17.1. The number of allylic oxidation sites excluding steroid dienone is 2. The number of halogens is 3. The van der Waals surface area contributed by atoms with Crippen LogP contribution in [0.15, 0.2) is 60.7 Å². The number of ether oxygens (including phenoxy) is 1. The zero-order valence-electron chi connectivity index (χ0n) is 17.1. The average Bonchev–Trinajstić information content (AvgIpc) is 2.78. The first-order chi connectivity index (χ1) is 15.2. The maximum Gasteiger partial charge on any atom is 0.416 e. The molecule has 2 unspecified atom stereocenters. The molecule has 9 heteroatoms. The molecule has 0 aliphatic heterocycles. The van der Waals surface area contributed by atoms with E-state index in [4.69, 9.17) is 0 Å². The van der Waals surface area contributed by atoms with Crippen molar-refractivity contribution in [1.29, 1.82) is 0 Å². The summed E-state index contributed by atoms with van der Waals surface area (Å²) in [6.45, 7) is 0. The van der Waals surface area contributed by atoms with Gasteiger partial charge in [-0.15, -0.1) is 0 Å². The summed E-state index contributed by atoms with van der Waals surface area (Å²) >= 11 is 0. The van der Waals surface area contributed by atoms with Gasteiger partial charge >= 0.3 is 12.1 Å². The second-order valence-corrected chi connectivity index (χ2v) is 7.28. The van der Waals surface area contributed by atoms with Gasteiger partial charge in [0.05, 0.1) is 30.1 Å². The smallest absolute Gasteiger partial charge is 0.416 e. The Morgan fingerprint density at radius 3 is 1.97 bits per heavy atom. The second kappa shape index (κ2) is 9.67. The summed E-state index contributed by atoms with van der Waals surface area (Å²) in [7, 11) is 1.26. The van der Waals surface area contributed by atoms with Gasteiger partial charge in [0, 0.05) is 11.4 Å². The van der Waals surface area contributed by atoms with Crippen molar-refractivity contribution in [2.45, 2.75) is 19.0 Å². The third kappa shape index (κ3) is 5.54. The number of amides is 2. The molecule has 0 heterocycles. The molecule has 2 aromatic rings. The van der Waals surface area contributed by atoms with E-state index in [1.54, 1.807) is 24.3 Å². The molecule has 0 radical (unpaired) electrons. The van der Waals surface area contributed by atoms with Crippen molar-refractivity contribution >= 4 is 29.2 Å². The summed E-state index contributed by atoms with van der Waals surface area (Å²) in [5, 5.41) is 5.21. The Kier molecular flexibility index (Phi) is 6.97. The molecule has 3 rings (SSSR count). The Morgan fingerprint density at radius 1 is 0.875 bits per heavy atom. The number of nitrogens with one attached hydrogen (secondary N) is 2. The first-order valence-electron chi connectivity index (χ1n) is 9.81. The van der Waals surface area contributed by atoms with Gasteiger partial charge in [0.25, 0.3) is 0 Å². The van der Waals surface area contributed by atoms with Crippen LogP contribution < -0.4 is 10.6 Å². The van der Waals surface area contributed by atoms with Crippen molar-refractivity contribution in [3.05, 3.63) is 71.8 Å². The Morgan fingerprint density at radius 2 is 1.44 bits per heavy atom. The SMILES string of the molecule is COC(=O)c1ccc(NC(=O)C2CC=CCC2C(=O)Nc2cccc(C(F)(F)F)c2)cc1. The highest BCUT2D eigenvalue weighted by Gasteiger charge is 2.35. The average molecular weight is 446 g/mol. The molecular formula is C23H21F3N2O4. The van der Waals surface area contributed by atoms with Crippen molar-refractivity contribution in [3.63, 3.8) is 0 Å². The van der Waals surface area contributed by atoms with Gasteiger partial charge in [0.15, 0.2) is 0 Å². The van der Waals surface area contributed by atoms with Gasteiger partial charge in [-0.2, -0.15) is 13.2 Å². The molecule has 0 fully saturated rings. The lowest BCUT2D eigenvalue weighted by Gasteiger charge is -2.27. The summed E-state index contributed by atoms with van der Waals surface area (Å²) < 4.78 is 43.4. The van der Waals surface area contributed by atoms with E-state index < -0.39 is 41.4 Å². The number of carbonyl (C=O) groups excluding carboxylic acids is 3. The van der Waals surface area contributed by atoms with Crippen molar-refractivity contribution in [2.24, 2.45) is 11.8 Å². The van der Waals surface area contributed by atoms with E-state index in [-0.39, 0.29) is 12.1 Å². The molecule has 0 aromatic heterocycles. The summed E-state index contributed by atoms with van der Waals surface area (Å²) in [4.78, 5) is 37.1.